The van der Waals surface area contributed by atoms with Gasteiger partial charge in [0.2, 0.25) is 0 Å². The van der Waals surface area contributed by atoms with Gasteiger partial charge in [0.25, 0.3) is 5.91 Å². The van der Waals surface area contributed by atoms with Gasteiger partial charge in [-0.25, -0.2) is 0 Å². The van der Waals surface area contributed by atoms with E-state index in [0.717, 1.165) is 23.3 Å². The van der Waals surface area contributed by atoms with Crippen LogP contribution in [0.1, 0.15) is 30.0 Å². The first kappa shape index (κ1) is 20.1. The second kappa shape index (κ2) is 7.99. The normalized spacial score (nSPS) is 12.6. The van der Waals surface area contributed by atoms with Gasteiger partial charge in [-0.2, -0.15) is 13.2 Å². The van der Waals surface area contributed by atoms with Gasteiger partial charge in [-0.3, -0.25) is 4.79 Å². The number of benzene rings is 2. The number of hydrogen-bond acceptors (Lipinski definition) is 2. The molecular formula is C19H19ClF3NO2. The summed E-state index contributed by atoms with van der Waals surface area (Å²) in [5.41, 5.74) is 0.986. The molecule has 0 aliphatic heterocycles. The molecule has 0 saturated carbocycles. The molecule has 0 spiro atoms. The number of carbonyl (C=O) groups is 1. The van der Waals surface area contributed by atoms with Crippen LogP contribution in [0.15, 0.2) is 36.4 Å². The van der Waals surface area contributed by atoms with Crippen LogP contribution in [0.3, 0.4) is 0 Å². The van der Waals surface area contributed by atoms with E-state index in [4.69, 9.17) is 16.3 Å². The third-order valence-corrected chi connectivity index (χ3v) is 4.01. The summed E-state index contributed by atoms with van der Waals surface area (Å²) in [4.78, 5) is 12.4. The molecule has 1 N–H and O–H groups in total. The molecule has 3 nitrogen and oxygen atoms in total. The van der Waals surface area contributed by atoms with Crippen LogP contribution in [0, 0.1) is 13.8 Å². The van der Waals surface area contributed by atoms with E-state index >= 15 is 0 Å². The molecule has 0 radical (unpaired) electrons. The predicted molar refractivity (Wildman–Crippen MR) is 95.7 cm³/mol. The fraction of sp³-hybridized carbons (Fsp3) is 0.316. The van der Waals surface area contributed by atoms with Gasteiger partial charge in [-0.1, -0.05) is 24.6 Å². The van der Waals surface area contributed by atoms with E-state index in [9.17, 15) is 18.0 Å². The largest absolute Gasteiger partial charge is 0.481 e. The topological polar surface area (TPSA) is 38.3 Å². The maximum absolute atomic E-state index is 12.9. The minimum absolute atomic E-state index is 0.00852. The molecule has 26 heavy (non-hydrogen) atoms. The summed E-state index contributed by atoms with van der Waals surface area (Å²) in [5, 5.41) is 2.04. The molecule has 7 heteroatoms. The van der Waals surface area contributed by atoms with Crippen molar-refractivity contribution in [3.8, 4) is 5.75 Å². The molecule has 0 bridgehead atoms. The molecule has 0 aromatic heterocycles. The number of anilines is 1. The summed E-state index contributed by atoms with van der Waals surface area (Å²) < 4.78 is 44.5. The van der Waals surface area contributed by atoms with E-state index in [1.54, 1.807) is 19.1 Å². The summed E-state index contributed by atoms with van der Waals surface area (Å²) in [5.74, 6) is 0.0127. The van der Waals surface area contributed by atoms with Crippen molar-refractivity contribution in [1.82, 2.24) is 0 Å². The average molecular weight is 386 g/mol. The van der Waals surface area contributed by atoms with Crippen LogP contribution in [-0.2, 0) is 11.0 Å². The zero-order valence-corrected chi connectivity index (χ0v) is 15.3. The van der Waals surface area contributed by atoms with Gasteiger partial charge in [0.1, 0.15) is 5.75 Å². The van der Waals surface area contributed by atoms with Crippen molar-refractivity contribution in [2.45, 2.75) is 39.5 Å². The van der Waals surface area contributed by atoms with Crippen molar-refractivity contribution in [2.24, 2.45) is 0 Å². The number of aryl methyl sites for hydroxylation is 2. The zero-order valence-electron chi connectivity index (χ0n) is 14.6. The first-order valence-corrected chi connectivity index (χ1v) is 8.40. The third-order valence-electron chi connectivity index (χ3n) is 3.68. The highest BCUT2D eigenvalue weighted by Crippen LogP contribution is 2.36. The highest BCUT2D eigenvalue weighted by molar-refractivity contribution is 6.31. The Morgan fingerprint density at radius 1 is 1.15 bits per heavy atom. The van der Waals surface area contributed by atoms with Crippen molar-refractivity contribution < 1.29 is 22.7 Å². The number of rotatable bonds is 5. The molecule has 1 amide bonds. The first-order valence-electron chi connectivity index (χ1n) is 8.02. The minimum Gasteiger partial charge on any atom is -0.481 e. The second-order valence-electron chi connectivity index (χ2n) is 6.02. The Morgan fingerprint density at radius 3 is 2.31 bits per heavy atom. The Kier molecular flexibility index (Phi) is 6.18. The highest BCUT2D eigenvalue weighted by Gasteiger charge is 2.33. The summed E-state index contributed by atoms with van der Waals surface area (Å²) >= 11 is 5.59. The van der Waals surface area contributed by atoms with Gasteiger partial charge in [0.15, 0.2) is 6.10 Å². The van der Waals surface area contributed by atoms with Crippen molar-refractivity contribution in [3.05, 3.63) is 58.1 Å². The van der Waals surface area contributed by atoms with Crippen LogP contribution < -0.4 is 10.1 Å². The van der Waals surface area contributed by atoms with Crippen LogP contribution >= 0.6 is 11.6 Å². The Hall–Kier alpha value is -2.21. The molecule has 2 aromatic rings. The SMILES string of the molecule is CC[C@H](Oc1cc(C)cc(C)c1)C(=O)Nc1ccc(Cl)c(C(F)(F)F)c1. The molecule has 0 aliphatic carbocycles. The molecule has 0 saturated heterocycles. The van der Waals surface area contributed by atoms with E-state index in [2.05, 4.69) is 5.32 Å². The Morgan fingerprint density at radius 2 is 1.77 bits per heavy atom. The molecule has 2 rings (SSSR count). The monoisotopic (exact) mass is 385 g/mol. The number of nitrogens with one attached hydrogen (secondary N) is 1. The van der Waals surface area contributed by atoms with E-state index < -0.39 is 28.8 Å². The van der Waals surface area contributed by atoms with Gasteiger partial charge in [0.05, 0.1) is 10.6 Å². The lowest BCUT2D eigenvalue weighted by Crippen LogP contribution is -2.32. The average Bonchev–Trinajstić information content (AvgIpc) is 2.52. The fourth-order valence-electron chi connectivity index (χ4n) is 2.53. The van der Waals surface area contributed by atoms with Crippen LogP contribution in [0.4, 0.5) is 18.9 Å². The minimum atomic E-state index is -4.60. The molecule has 0 fully saturated rings. The number of ether oxygens (including phenoxy) is 1. The zero-order chi connectivity index (χ0) is 19.5. The smallest absolute Gasteiger partial charge is 0.417 e. The second-order valence-corrected chi connectivity index (χ2v) is 6.43. The van der Waals surface area contributed by atoms with E-state index in [-0.39, 0.29) is 5.69 Å². The summed E-state index contributed by atoms with van der Waals surface area (Å²) in [6, 6.07) is 8.80. The highest BCUT2D eigenvalue weighted by atomic mass is 35.5. The first-order chi connectivity index (χ1) is 12.1. The molecule has 1 atom stereocenters. The van der Waals surface area contributed by atoms with Gasteiger partial charge >= 0.3 is 6.18 Å². The van der Waals surface area contributed by atoms with Crippen LogP contribution in [0.25, 0.3) is 0 Å². The number of amides is 1. The number of carbonyl (C=O) groups excluding carboxylic acids is 1. The molecule has 140 valence electrons. The summed E-state index contributed by atoms with van der Waals surface area (Å²) in [6.45, 7) is 5.58. The van der Waals surface area contributed by atoms with Gasteiger partial charge in [-0.15, -0.1) is 0 Å². The van der Waals surface area contributed by atoms with Crippen LogP contribution in [0.2, 0.25) is 5.02 Å². The van der Waals surface area contributed by atoms with E-state index in [0.29, 0.717) is 12.2 Å². The van der Waals surface area contributed by atoms with Gasteiger partial charge in [-0.05, 0) is 61.7 Å². The lowest BCUT2D eigenvalue weighted by Gasteiger charge is -2.19. The maximum Gasteiger partial charge on any atom is 0.417 e. The van der Waals surface area contributed by atoms with Gasteiger partial charge in [0, 0.05) is 5.69 Å². The van der Waals surface area contributed by atoms with Crippen molar-refractivity contribution in [2.75, 3.05) is 5.32 Å². The number of hydrogen-bond donors (Lipinski definition) is 1. The quantitative estimate of drug-likeness (QED) is 0.709. The summed E-state index contributed by atoms with van der Waals surface area (Å²) in [7, 11) is 0. The van der Waals surface area contributed by atoms with E-state index in [1.807, 2.05) is 19.9 Å². The molecule has 0 unspecified atom stereocenters. The van der Waals surface area contributed by atoms with Crippen molar-refractivity contribution in [1.29, 1.82) is 0 Å². The Bertz CT molecular complexity index is 786. The number of alkyl halides is 3. The third kappa shape index (κ3) is 5.14. The Balaban J connectivity index is 2.16. The molecular weight excluding hydrogens is 367 g/mol. The number of halogens is 4. The summed E-state index contributed by atoms with van der Waals surface area (Å²) in [6.07, 6.45) is -5.07. The standard InChI is InChI=1S/C19H19ClF3NO2/c1-4-17(26-14-8-11(2)7-12(3)9-14)18(25)24-13-5-6-16(20)15(10-13)19(21,22)23/h5-10,17H,4H2,1-3H3,(H,24,25)/t17-/m0/s1. The van der Waals surface area contributed by atoms with Gasteiger partial charge < -0.3 is 10.1 Å². The van der Waals surface area contributed by atoms with Crippen LogP contribution in [-0.4, -0.2) is 12.0 Å². The fourth-order valence-corrected chi connectivity index (χ4v) is 2.76. The molecule has 0 aliphatic rings. The lowest BCUT2D eigenvalue weighted by molar-refractivity contribution is -0.137. The lowest BCUT2D eigenvalue weighted by atomic mass is 10.1. The predicted octanol–water partition coefficient (Wildman–Crippen LogP) is 5.77. The van der Waals surface area contributed by atoms with Crippen molar-refractivity contribution in [3.63, 3.8) is 0 Å². The maximum atomic E-state index is 12.9. The Labute approximate surface area is 155 Å². The molecule has 0 heterocycles. The van der Waals surface area contributed by atoms with E-state index in [1.165, 1.54) is 6.07 Å². The molecule has 2 aromatic carbocycles. The van der Waals surface area contributed by atoms with Crippen LogP contribution in [0.5, 0.6) is 5.75 Å². The van der Waals surface area contributed by atoms with Crippen molar-refractivity contribution >= 4 is 23.2 Å².